The van der Waals surface area contributed by atoms with Crippen LogP contribution in [0.5, 0.6) is 0 Å². The molecule has 0 amide bonds. The fourth-order valence-corrected chi connectivity index (χ4v) is 11.4. The van der Waals surface area contributed by atoms with E-state index in [1.54, 1.807) is 0 Å². The molecule has 0 N–H and O–H groups in total. The van der Waals surface area contributed by atoms with E-state index in [0.29, 0.717) is 17.3 Å². The number of hydrogen-bond donors (Lipinski definition) is 0. The van der Waals surface area contributed by atoms with Gasteiger partial charge in [0.2, 0.25) is 0 Å². The summed E-state index contributed by atoms with van der Waals surface area (Å²) < 4.78 is 0. The fourth-order valence-electron chi connectivity index (χ4n) is 7.47. The van der Waals surface area contributed by atoms with Crippen molar-refractivity contribution in [3.63, 3.8) is 0 Å². The van der Waals surface area contributed by atoms with Crippen LogP contribution in [0.3, 0.4) is 0 Å². The van der Waals surface area contributed by atoms with Gasteiger partial charge in [-0.1, -0.05) is 99.2 Å². The van der Waals surface area contributed by atoms with Gasteiger partial charge in [0.1, 0.15) is 0 Å². The summed E-state index contributed by atoms with van der Waals surface area (Å²) in [5.74, 6) is 8.48. The summed E-state index contributed by atoms with van der Waals surface area (Å²) in [6.45, 7) is 0. The molecular formula is C35H54S4. The zero-order valence-electron chi connectivity index (χ0n) is 25.1. The van der Waals surface area contributed by atoms with Gasteiger partial charge in [-0.25, -0.2) is 0 Å². The minimum Gasteiger partial charge on any atom is -0.165 e. The molecule has 0 aliphatic heterocycles. The number of rotatable bonds is 13. The zero-order chi connectivity index (χ0) is 27.8. The Balaban J connectivity index is 0.000000216. The van der Waals surface area contributed by atoms with Gasteiger partial charge in [-0.15, -0.1) is 0 Å². The normalized spacial score (nSPS) is 17.3. The molecule has 2 aliphatic carbocycles. The van der Waals surface area contributed by atoms with Gasteiger partial charge < -0.3 is 0 Å². The van der Waals surface area contributed by atoms with E-state index in [0.717, 1.165) is 11.8 Å². The highest BCUT2D eigenvalue weighted by molar-refractivity contribution is 7.99. The molecule has 0 heterocycles. The van der Waals surface area contributed by atoms with Crippen molar-refractivity contribution in [2.45, 2.75) is 70.1 Å². The molecule has 2 aromatic rings. The van der Waals surface area contributed by atoms with Crippen molar-refractivity contribution >= 4 is 47.0 Å². The molecular weight excluding hydrogens is 549 g/mol. The van der Waals surface area contributed by atoms with E-state index in [4.69, 9.17) is 0 Å². The van der Waals surface area contributed by atoms with E-state index in [1.165, 1.54) is 98.3 Å². The van der Waals surface area contributed by atoms with Crippen LogP contribution in [-0.4, -0.2) is 48.0 Å². The minimum absolute atomic E-state index is 0.497. The first kappa shape index (κ1) is 33.3. The first-order valence-electron chi connectivity index (χ1n) is 15.3. The minimum atomic E-state index is 0.497. The van der Waals surface area contributed by atoms with Crippen LogP contribution in [0.15, 0.2) is 60.7 Å². The zero-order valence-corrected chi connectivity index (χ0v) is 28.4. The third-order valence-corrected chi connectivity index (χ3v) is 12.4. The maximum absolute atomic E-state index is 2.33. The van der Waals surface area contributed by atoms with Crippen LogP contribution < -0.4 is 0 Å². The predicted molar refractivity (Wildman–Crippen MR) is 187 cm³/mol. The van der Waals surface area contributed by atoms with Crippen LogP contribution in [-0.2, 0) is 0 Å². The summed E-state index contributed by atoms with van der Waals surface area (Å²) in [6, 6.07) is 21.9. The summed E-state index contributed by atoms with van der Waals surface area (Å²) in [7, 11) is 0. The fraction of sp³-hybridized carbons (Fsp3) is 0.657. The van der Waals surface area contributed by atoms with Gasteiger partial charge in [0.15, 0.2) is 0 Å². The van der Waals surface area contributed by atoms with Gasteiger partial charge in [0, 0.05) is 5.92 Å². The van der Waals surface area contributed by atoms with Gasteiger partial charge in [0.05, 0.1) is 0 Å². The third kappa shape index (κ3) is 9.97. The molecule has 0 atom stereocenters. The number of benzene rings is 2. The molecule has 218 valence electrons. The summed E-state index contributed by atoms with van der Waals surface area (Å²) in [4.78, 5) is 0. The Morgan fingerprint density at radius 3 is 1.28 bits per heavy atom. The van der Waals surface area contributed by atoms with Crippen molar-refractivity contribution in [3.05, 3.63) is 71.8 Å². The average Bonchev–Trinajstić information content (AvgIpc) is 3.00. The number of thioether (sulfide) groups is 4. The Hall–Kier alpha value is -0.160. The first-order valence-corrected chi connectivity index (χ1v) is 20.8. The maximum Gasteiger partial charge on any atom is 0.0133 e. The third-order valence-electron chi connectivity index (χ3n) is 9.21. The molecule has 0 spiro atoms. The van der Waals surface area contributed by atoms with Gasteiger partial charge >= 0.3 is 0 Å². The topological polar surface area (TPSA) is 0 Å². The predicted octanol–water partition coefficient (Wildman–Crippen LogP) is 11.0. The molecule has 39 heavy (non-hydrogen) atoms. The summed E-state index contributed by atoms with van der Waals surface area (Å²) >= 11 is 8.15. The SMILES string of the molecule is CSCC(CSC)(C1CCCCC1)C1CCCCC1.CSCC(CSC)C(c1ccccc1)c1ccccc1. The lowest BCUT2D eigenvalue weighted by Crippen LogP contribution is -2.44. The molecule has 2 aliphatic rings. The highest BCUT2D eigenvalue weighted by Gasteiger charge is 2.44. The Labute approximate surface area is 258 Å². The van der Waals surface area contributed by atoms with Crippen LogP contribution in [0.4, 0.5) is 0 Å². The molecule has 2 saturated carbocycles. The Kier molecular flexibility index (Phi) is 16.3. The molecule has 0 unspecified atom stereocenters. The van der Waals surface area contributed by atoms with Crippen molar-refractivity contribution in [2.75, 3.05) is 48.0 Å². The Morgan fingerprint density at radius 1 is 0.564 bits per heavy atom. The molecule has 4 rings (SSSR count). The smallest absolute Gasteiger partial charge is 0.0133 e. The van der Waals surface area contributed by atoms with Crippen molar-refractivity contribution in [1.29, 1.82) is 0 Å². The quantitative estimate of drug-likeness (QED) is 0.223. The van der Waals surface area contributed by atoms with Crippen molar-refractivity contribution in [3.8, 4) is 0 Å². The van der Waals surface area contributed by atoms with Crippen LogP contribution >= 0.6 is 47.0 Å². The van der Waals surface area contributed by atoms with Crippen LogP contribution in [0.1, 0.15) is 81.3 Å². The molecule has 4 heteroatoms. The second-order valence-corrected chi connectivity index (χ2v) is 15.3. The molecule has 0 nitrogen and oxygen atoms in total. The van der Waals surface area contributed by atoms with Gasteiger partial charge in [-0.3, -0.25) is 0 Å². The Morgan fingerprint density at radius 2 is 0.949 bits per heavy atom. The lowest BCUT2D eigenvalue weighted by Gasteiger charge is -2.49. The second kappa shape index (κ2) is 19.1. The average molecular weight is 603 g/mol. The van der Waals surface area contributed by atoms with Gasteiger partial charge in [-0.2, -0.15) is 47.0 Å². The van der Waals surface area contributed by atoms with E-state index in [-0.39, 0.29) is 0 Å². The molecule has 0 aromatic heterocycles. The maximum atomic E-state index is 2.33. The van der Waals surface area contributed by atoms with E-state index < -0.39 is 0 Å². The monoisotopic (exact) mass is 602 g/mol. The van der Waals surface area contributed by atoms with Crippen LogP contribution in [0.2, 0.25) is 0 Å². The summed E-state index contributed by atoms with van der Waals surface area (Å²) in [6.07, 6.45) is 24.2. The highest BCUT2D eigenvalue weighted by atomic mass is 32.2. The molecule has 2 fully saturated rings. The lowest BCUT2D eigenvalue weighted by molar-refractivity contribution is 0.0683. The number of hydrogen-bond acceptors (Lipinski definition) is 4. The van der Waals surface area contributed by atoms with Crippen LogP contribution in [0, 0.1) is 23.2 Å². The highest BCUT2D eigenvalue weighted by Crippen LogP contribution is 2.51. The van der Waals surface area contributed by atoms with Crippen molar-refractivity contribution < 1.29 is 0 Å². The van der Waals surface area contributed by atoms with Gasteiger partial charge in [0.25, 0.3) is 0 Å². The van der Waals surface area contributed by atoms with E-state index in [2.05, 4.69) is 109 Å². The Bertz CT molecular complexity index is 787. The van der Waals surface area contributed by atoms with Crippen molar-refractivity contribution in [2.24, 2.45) is 23.2 Å². The summed E-state index contributed by atoms with van der Waals surface area (Å²) in [5.41, 5.74) is 3.54. The van der Waals surface area contributed by atoms with E-state index in [1.807, 2.05) is 23.5 Å². The first-order chi connectivity index (χ1) is 19.2. The molecule has 0 saturated heterocycles. The lowest BCUT2D eigenvalue weighted by atomic mass is 9.60. The molecule has 0 radical (unpaired) electrons. The molecule has 2 aromatic carbocycles. The molecule has 0 bridgehead atoms. The van der Waals surface area contributed by atoms with Gasteiger partial charge in [-0.05, 0) is 108 Å². The largest absolute Gasteiger partial charge is 0.165 e. The van der Waals surface area contributed by atoms with E-state index in [9.17, 15) is 0 Å². The van der Waals surface area contributed by atoms with E-state index >= 15 is 0 Å². The summed E-state index contributed by atoms with van der Waals surface area (Å²) in [5, 5.41) is 0. The van der Waals surface area contributed by atoms with Crippen LogP contribution in [0.25, 0.3) is 0 Å². The standard InChI is InChI=1S/C18H22S2.C17H32S2/c1-19-13-17(14-20-2)18(15-9-5-3-6-10-15)16-11-7-4-8-12-16;1-18-13-17(14-19-2,15-9-5-3-6-10-15)16-11-7-4-8-12-16/h3-12,17-18H,13-14H2,1-2H3;15-16H,3-14H2,1-2H3. The second-order valence-electron chi connectivity index (χ2n) is 11.7. The van der Waals surface area contributed by atoms with Crippen molar-refractivity contribution in [1.82, 2.24) is 0 Å².